The van der Waals surface area contributed by atoms with Gasteiger partial charge in [0.2, 0.25) is 0 Å². The van der Waals surface area contributed by atoms with E-state index in [-0.39, 0.29) is 0 Å². The fourth-order valence-corrected chi connectivity index (χ4v) is 2.71. The highest BCUT2D eigenvalue weighted by Gasteiger charge is 2.19. The minimum Gasteiger partial charge on any atom is -0.257 e. The van der Waals surface area contributed by atoms with E-state index >= 15 is 0 Å². The lowest BCUT2D eigenvalue weighted by Gasteiger charge is -2.08. The minimum atomic E-state index is 0.919. The normalized spacial score (nSPS) is 13.9. The van der Waals surface area contributed by atoms with Gasteiger partial charge in [0.1, 0.15) is 0 Å². The first-order chi connectivity index (χ1) is 8.84. The summed E-state index contributed by atoms with van der Waals surface area (Å²) >= 11 is 0. The highest BCUT2D eigenvalue weighted by atomic mass is 14.8. The van der Waals surface area contributed by atoms with E-state index in [0.717, 1.165) is 34.2 Å². The number of hydrogen-bond acceptors (Lipinski definition) is 3. The van der Waals surface area contributed by atoms with Crippen LogP contribution in [0.1, 0.15) is 12.5 Å². The molecule has 0 unspecified atom stereocenters. The van der Waals surface area contributed by atoms with Gasteiger partial charge in [-0.3, -0.25) is 15.0 Å². The van der Waals surface area contributed by atoms with Crippen molar-refractivity contribution < 1.29 is 0 Å². The molecule has 3 heteroatoms. The first-order valence-corrected chi connectivity index (χ1v) is 6.03. The van der Waals surface area contributed by atoms with Crippen molar-refractivity contribution >= 4 is 33.2 Å². The van der Waals surface area contributed by atoms with Crippen LogP contribution in [0.25, 0.3) is 21.8 Å². The summed E-state index contributed by atoms with van der Waals surface area (Å²) in [6.45, 7) is 2.07. The molecule has 86 valence electrons. The Morgan fingerprint density at radius 1 is 0.944 bits per heavy atom. The third kappa shape index (κ3) is 1.16. The van der Waals surface area contributed by atoms with Gasteiger partial charge in [0.05, 0.1) is 16.7 Å². The van der Waals surface area contributed by atoms with Gasteiger partial charge in [-0.05, 0) is 30.7 Å². The highest BCUT2D eigenvalue weighted by molar-refractivity contribution is 6.14. The molecule has 1 aromatic carbocycles. The van der Waals surface area contributed by atoms with Crippen LogP contribution in [-0.4, -0.2) is 15.7 Å². The van der Waals surface area contributed by atoms with Crippen molar-refractivity contribution in [1.82, 2.24) is 9.97 Å². The van der Waals surface area contributed by atoms with Crippen LogP contribution in [0.3, 0.4) is 0 Å². The van der Waals surface area contributed by atoms with Gasteiger partial charge in [0.25, 0.3) is 0 Å². The molecule has 1 aliphatic rings. The molecule has 2 aromatic heterocycles. The molecule has 0 spiro atoms. The van der Waals surface area contributed by atoms with E-state index in [2.05, 4.69) is 34.0 Å². The molecule has 3 nitrogen and oxygen atoms in total. The molecular weight excluding hydrogens is 222 g/mol. The monoisotopic (exact) mass is 233 g/mol. The van der Waals surface area contributed by atoms with Gasteiger partial charge in [-0.25, -0.2) is 0 Å². The maximum Gasteiger partial charge on any atom is 0.0986 e. The van der Waals surface area contributed by atoms with Crippen molar-refractivity contribution in [3.63, 3.8) is 0 Å². The van der Waals surface area contributed by atoms with E-state index in [1.807, 2.05) is 24.5 Å². The Balaban J connectivity index is 2.32. The van der Waals surface area contributed by atoms with Crippen LogP contribution >= 0.6 is 0 Å². The van der Waals surface area contributed by atoms with E-state index in [9.17, 15) is 0 Å². The number of hydrogen-bond donors (Lipinski definition) is 0. The molecule has 0 aliphatic carbocycles. The Morgan fingerprint density at radius 2 is 1.61 bits per heavy atom. The maximum atomic E-state index is 4.68. The summed E-state index contributed by atoms with van der Waals surface area (Å²) in [6, 6.07) is 8.13. The summed E-state index contributed by atoms with van der Waals surface area (Å²) in [5.74, 6) is 0. The smallest absolute Gasteiger partial charge is 0.0986 e. The fourth-order valence-electron chi connectivity index (χ4n) is 2.71. The average molecular weight is 233 g/mol. The SMILES string of the molecule is CC1=Nc2c(c3cccnc3c3ncccc23)C1. The van der Waals surface area contributed by atoms with Crippen molar-refractivity contribution in [2.45, 2.75) is 13.3 Å². The number of pyridine rings is 2. The number of nitrogens with zero attached hydrogens (tertiary/aromatic N) is 3. The average Bonchev–Trinajstić information content (AvgIpc) is 2.81. The van der Waals surface area contributed by atoms with Crippen LogP contribution in [0.2, 0.25) is 0 Å². The van der Waals surface area contributed by atoms with Crippen LogP contribution < -0.4 is 0 Å². The van der Waals surface area contributed by atoms with Crippen LogP contribution in [0.4, 0.5) is 5.69 Å². The lowest BCUT2D eigenvalue weighted by Crippen LogP contribution is -1.92. The Bertz CT molecular complexity index is 818. The summed E-state index contributed by atoms with van der Waals surface area (Å²) in [5.41, 5.74) is 5.46. The Morgan fingerprint density at radius 3 is 2.39 bits per heavy atom. The van der Waals surface area contributed by atoms with Crippen LogP contribution in [0.15, 0.2) is 41.7 Å². The molecule has 3 heterocycles. The van der Waals surface area contributed by atoms with Crippen LogP contribution in [-0.2, 0) is 6.42 Å². The van der Waals surface area contributed by atoms with E-state index < -0.39 is 0 Å². The maximum absolute atomic E-state index is 4.68. The Labute approximate surface area is 104 Å². The molecule has 0 N–H and O–H groups in total. The Kier molecular flexibility index (Phi) is 1.81. The van der Waals surface area contributed by atoms with Crippen molar-refractivity contribution in [1.29, 1.82) is 0 Å². The molecule has 0 bridgehead atoms. The fraction of sp³-hybridized carbons (Fsp3) is 0.133. The topological polar surface area (TPSA) is 38.1 Å². The first kappa shape index (κ1) is 9.71. The summed E-state index contributed by atoms with van der Waals surface area (Å²) in [7, 11) is 0. The van der Waals surface area contributed by atoms with E-state index in [1.54, 1.807) is 0 Å². The predicted octanol–water partition coefficient (Wildman–Crippen LogP) is 3.43. The molecule has 18 heavy (non-hydrogen) atoms. The van der Waals surface area contributed by atoms with Crippen molar-refractivity contribution in [3.8, 4) is 0 Å². The first-order valence-electron chi connectivity index (χ1n) is 6.03. The number of fused-ring (bicyclic) bond motifs is 6. The molecule has 0 fully saturated rings. The second-order valence-corrected chi connectivity index (χ2v) is 4.65. The second kappa shape index (κ2) is 3.35. The summed E-state index contributed by atoms with van der Waals surface area (Å²) in [6.07, 6.45) is 4.56. The van der Waals surface area contributed by atoms with Crippen LogP contribution in [0.5, 0.6) is 0 Å². The van der Waals surface area contributed by atoms with Crippen LogP contribution in [0, 0.1) is 0 Å². The molecular formula is C15H11N3. The molecule has 1 aliphatic heterocycles. The quantitative estimate of drug-likeness (QED) is 0.558. The Hall–Kier alpha value is -2.29. The van der Waals surface area contributed by atoms with E-state index in [0.29, 0.717) is 0 Å². The number of benzene rings is 1. The highest BCUT2D eigenvalue weighted by Crippen LogP contribution is 2.39. The van der Waals surface area contributed by atoms with Gasteiger partial charge in [-0.15, -0.1) is 0 Å². The number of rotatable bonds is 0. The van der Waals surface area contributed by atoms with Gasteiger partial charge < -0.3 is 0 Å². The standard InChI is InChI=1S/C15H11N3/c1-9-8-12-10-4-2-6-16-14(10)15-11(13(12)18-9)5-3-7-17-15/h2-7H,8H2,1H3. The van der Waals surface area contributed by atoms with Gasteiger partial charge in [0.15, 0.2) is 0 Å². The number of aromatic nitrogens is 2. The van der Waals surface area contributed by atoms with Gasteiger partial charge in [-0.2, -0.15) is 0 Å². The van der Waals surface area contributed by atoms with E-state index in [4.69, 9.17) is 0 Å². The second-order valence-electron chi connectivity index (χ2n) is 4.65. The molecule has 0 radical (unpaired) electrons. The third-order valence-corrected chi connectivity index (χ3v) is 3.44. The third-order valence-electron chi connectivity index (χ3n) is 3.44. The van der Waals surface area contributed by atoms with Gasteiger partial charge in [-0.1, -0.05) is 6.07 Å². The van der Waals surface area contributed by atoms with E-state index in [1.165, 1.54) is 10.9 Å². The zero-order valence-corrected chi connectivity index (χ0v) is 10.0. The van der Waals surface area contributed by atoms with Crippen molar-refractivity contribution in [2.24, 2.45) is 4.99 Å². The summed E-state index contributed by atoms with van der Waals surface area (Å²) < 4.78 is 0. The summed E-state index contributed by atoms with van der Waals surface area (Å²) in [4.78, 5) is 13.7. The summed E-state index contributed by atoms with van der Waals surface area (Å²) in [5, 5.41) is 2.29. The van der Waals surface area contributed by atoms with Crippen molar-refractivity contribution in [2.75, 3.05) is 0 Å². The zero-order valence-electron chi connectivity index (χ0n) is 10.0. The van der Waals surface area contributed by atoms with Crippen molar-refractivity contribution in [3.05, 3.63) is 42.2 Å². The molecule has 0 amide bonds. The lowest BCUT2D eigenvalue weighted by molar-refractivity contribution is 1.35. The zero-order chi connectivity index (χ0) is 12.1. The lowest BCUT2D eigenvalue weighted by atomic mass is 10.00. The molecule has 0 saturated heterocycles. The molecule has 0 atom stereocenters. The largest absolute Gasteiger partial charge is 0.257 e. The molecule has 0 saturated carbocycles. The molecule has 3 aromatic rings. The minimum absolute atomic E-state index is 0.919. The molecule has 4 rings (SSSR count). The number of aliphatic imine (C=N–C) groups is 1. The van der Waals surface area contributed by atoms with Gasteiger partial charge in [0, 0.05) is 35.3 Å². The van der Waals surface area contributed by atoms with Gasteiger partial charge >= 0.3 is 0 Å². The predicted molar refractivity (Wildman–Crippen MR) is 73.5 cm³/mol.